The fourth-order valence-electron chi connectivity index (χ4n) is 1.64. The Labute approximate surface area is 101 Å². The van der Waals surface area contributed by atoms with Gasteiger partial charge in [-0.3, -0.25) is 4.79 Å². The van der Waals surface area contributed by atoms with Gasteiger partial charge in [-0.15, -0.1) is 0 Å². The number of nitrogens with two attached hydrogens (primary N) is 1. The van der Waals surface area contributed by atoms with E-state index in [0.717, 1.165) is 12.1 Å². The summed E-state index contributed by atoms with van der Waals surface area (Å²) in [6.07, 6.45) is 9.59. The zero-order chi connectivity index (χ0) is 12.1. The zero-order valence-corrected chi connectivity index (χ0v) is 9.41. The molecule has 0 aliphatic carbocycles. The Balaban J connectivity index is 2.30. The van der Waals surface area contributed by atoms with Crippen LogP contribution in [0.15, 0.2) is 61.0 Å². The Bertz CT molecular complexity index is 486. The zero-order valence-electron chi connectivity index (χ0n) is 9.41. The van der Waals surface area contributed by atoms with E-state index in [1.165, 1.54) is 0 Å². The number of carbonyl (C=O) groups is 1. The first kappa shape index (κ1) is 11.2. The lowest BCUT2D eigenvalue weighted by atomic mass is 10.1. The van der Waals surface area contributed by atoms with Crippen LogP contribution in [0.1, 0.15) is 5.56 Å². The molecule has 2 N–H and O–H groups in total. The maximum atomic E-state index is 11.5. The molecule has 3 heteroatoms. The summed E-state index contributed by atoms with van der Waals surface area (Å²) in [4.78, 5) is 13.4. The van der Waals surface area contributed by atoms with E-state index in [-0.39, 0.29) is 0 Å². The third-order valence-corrected chi connectivity index (χ3v) is 2.49. The fraction of sp³-hybridized carbons (Fsp3) is 0.0714. The van der Waals surface area contributed by atoms with Gasteiger partial charge in [-0.2, -0.15) is 0 Å². The van der Waals surface area contributed by atoms with E-state index < -0.39 is 5.91 Å². The van der Waals surface area contributed by atoms with Gasteiger partial charge in [0.2, 0.25) is 0 Å². The molecule has 1 aliphatic heterocycles. The van der Waals surface area contributed by atoms with E-state index in [2.05, 4.69) is 0 Å². The second-order valence-electron chi connectivity index (χ2n) is 3.74. The van der Waals surface area contributed by atoms with E-state index in [4.69, 9.17) is 5.73 Å². The summed E-state index contributed by atoms with van der Waals surface area (Å²) < 4.78 is 0. The van der Waals surface area contributed by atoms with Gasteiger partial charge in [-0.1, -0.05) is 42.5 Å². The van der Waals surface area contributed by atoms with Crippen molar-refractivity contribution in [1.82, 2.24) is 4.90 Å². The van der Waals surface area contributed by atoms with Crippen LogP contribution >= 0.6 is 0 Å². The molecule has 0 atom stereocenters. The van der Waals surface area contributed by atoms with Crippen LogP contribution in [0, 0.1) is 0 Å². The van der Waals surface area contributed by atoms with Gasteiger partial charge in [0.25, 0.3) is 5.91 Å². The van der Waals surface area contributed by atoms with Gasteiger partial charge in [0.15, 0.2) is 0 Å². The molecule has 0 saturated carbocycles. The highest BCUT2D eigenvalue weighted by Gasteiger charge is 2.09. The standard InChI is InChI=1S/C14H14N2O/c15-14(17)13(12-7-3-1-4-8-12)11-16-9-5-2-6-10-16/h1-9,11H,10H2,(H2,15,17). The number of allylic oxidation sites excluding steroid dienone is 2. The van der Waals surface area contributed by atoms with Crippen LogP contribution in [0.25, 0.3) is 5.57 Å². The summed E-state index contributed by atoms with van der Waals surface area (Å²) >= 11 is 0. The van der Waals surface area contributed by atoms with Crippen LogP contribution in [0.2, 0.25) is 0 Å². The molecule has 0 spiro atoms. The lowest BCUT2D eigenvalue weighted by Gasteiger charge is -2.17. The van der Waals surface area contributed by atoms with Crippen molar-refractivity contribution in [3.63, 3.8) is 0 Å². The molecule has 17 heavy (non-hydrogen) atoms. The lowest BCUT2D eigenvalue weighted by Crippen LogP contribution is -2.18. The number of hydrogen-bond donors (Lipinski definition) is 1. The third-order valence-electron chi connectivity index (χ3n) is 2.49. The normalized spacial score (nSPS) is 15.1. The highest BCUT2D eigenvalue weighted by molar-refractivity contribution is 6.18. The summed E-state index contributed by atoms with van der Waals surface area (Å²) in [5, 5.41) is 0. The first-order valence-corrected chi connectivity index (χ1v) is 5.43. The first-order valence-electron chi connectivity index (χ1n) is 5.43. The molecule has 1 amide bonds. The molecule has 0 bridgehead atoms. The fourth-order valence-corrected chi connectivity index (χ4v) is 1.64. The number of amides is 1. The Morgan fingerprint density at radius 3 is 2.59 bits per heavy atom. The van der Waals surface area contributed by atoms with E-state index in [9.17, 15) is 4.79 Å². The minimum absolute atomic E-state index is 0.417. The largest absolute Gasteiger partial charge is 0.366 e. The molecule has 1 aromatic rings. The number of nitrogens with zero attached hydrogens (tertiary/aromatic N) is 1. The molecule has 0 saturated heterocycles. The molecule has 0 unspecified atom stereocenters. The Morgan fingerprint density at radius 2 is 2.00 bits per heavy atom. The van der Waals surface area contributed by atoms with Crippen molar-refractivity contribution in [2.24, 2.45) is 5.73 Å². The van der Waals surface area contributed by atoms with Gasteiger partial charge < -0.3 is 10.6 Å². The van der Waals surface area contributed by atoms with E-state index >= 15 is 0 Å². The second-order valence-corrected chi connectivity index (χ2v) is 3.74. The Morgan fingerprint density at radius 1 is 1.24 bits per heavy atom. The summed E-state index contributed by atoms with van der Waals surface area (Å²) in [6, 6.07) is 9.43. The SMILES string of the molecule is NC(=O)C(=CN1C=CC=CC1)c1ccccc1. The van der Waals surface area contributed by atoms with Crippen LogP contribution in [0.4, 0.5) is 0 Å². The van der Waals surface area contributed by atoms with Gasteiger partial charge in [-0.05, 0) is 11.6 Å². The number of benzene rings is 1. The quantitative estimate of drug-likeness (QED) is 0.800. The van der Waals surface area contributed by atoms with E-state index in [0.29, 0.717) is 5.57 Å². The first-order chi connectivity index (χ1) is 8.27. The minimum Gasteiger partial charge on any atom is -0.366 e. The van der Waals surface area contributed by atoms with Crippen LogP contribution in [0.3, 0.4) is 0 Å². The van der Waals surface area contributed by atoms with Gasteiger partial charge in [0, 0.05) is 18.9 Å². The summed E-state index contributed by atoms with van der Waals surface area (Å²) in [5.41, 5.74) is 6.76. The Hall–Kier alpha value is -2.29. The van der Waals surface area contributed by atoms with E-state index in [1.807, 2.05) is 59.7 Å². The second kappa shape index (κ2) is 5.16. The molecule has 2 rings (SSSR count). The lowest BCUT2D eigenvalue weighted by molar-refractivity contribution is -0.112. The number of carbonyl (C=O) groups excluding carboxylic acids is 1. The van der Waals surface area contributed by atoms with Crippen molar-refractivity contribution in [2.45, 2.75) is 0 Å². The van der Waals surface area contributed by atoms with Crippen molar-refractivity contribution >= 4 is 11.5 Å². The van der Waals surface area contributed by atoms with Gasteiger partial charge in [-0.25, -0.2) is 0 Å². The topological polar surface area (TPSA) is 46.3 Å². The predicted octanol–water partition coefficient (Wildman–Crippen LogP) is 1.90. The molecule has 86 valence electrons. The molecule has 3 nitrogen and oxygen atoms in total. The van der Waals surface area contributed by atoms with Crippen LogP contribution in [0.5, 0.6) is 0 Å². The average Bonchev–Trinajstić information content (AvgIpc) is 2.38. The smallest absolute Gasteiger partial charge is 0.250 e. The molecule has 0 radical (unpaired) electrons. The molecular weight excluding hydrogens is 212 g/mol. The van der Waals surface area contributed by atoms with Crippen molar-refractivity contribution in [3.05, 3.63) is 66.5 Å². The van der Waals surface area contributed by atoms with Gasteiger partial charge >= 0.3 is 0 Å². The monoisotopic (exact) mass is 226 g/mol. The maximum absolute atomic E-state index is 11.5. The average molecular weight is 226 g/mol. The minimum atomic E-state index is -0.417. The summed E-state index contributed by atoms with van der Waals surface area (Å²) in [5.74, 6) is -0.417. The summed E-state index contributed by atoms with van der Waals surface area (Å²) in [6.45, 7) is 0.750. The van der Waals surface area contributed by atoms with Crippen molar-refractivity contribution in [3.8, 4) is 0 Å². The van der Waals surface area contributed by atoms with Crippen LogP contribution in [-0.4, -0.2) is 17.4 Å². The highest BCUT2D eigenvalue weighted by atomic mass is 16.1. The van der Waals surface area contributed by atoms with E-state index in [1.54, 1.807) is 6.20 Å². The van der Waals surface area contributed by atoms with Gasteiger partial charge in [0.1, 0.15) is 0 Å². The number of hydrogen-bond acceptors (Lipinski definition) is 2. The predicted molar refractivity (Wildman–Crippen MR) is 68.6 cm³/mol. The molecular formula is C14H14N2O. The third kappa shape index (κ3) is 2.84. The van der Waals surface area contributed by atoms with Crippen molar-refractivity contribution < 1.29 is 4.79 Å². The molecule has 1 aliphatic rings. The summed E-state index contributed by atoms with van der Waals surface area (Å²) in [7, 11) is 0. The molecule has 0 aromatic heterocycles. The number of rotatable bonds is 3. The number of primary amides is 1. The Kier molecular flexibility index (Phi) is 3.40. The van der Waals surface area contributed by atoms with Crippen molar-refractivity contribution in [1.29, 1.82) is 0 Å². The van der Waals surface area contributed by atoms with Gasteiger partial charge in [0.05, 0.1) is 5.57 Å². The van der Waals surface area contributed by atoms with Crippen LogP contribution < -0.4 is 5.73 Å². The highest BCUT2D eigenvalue weighted by Crippen LogP contribution is 2.15. The molecule has 1 aromatic carbocycles. The molecule has 0 fully saturated rings. The maximum Gasteiger partial charge on any atom is 0.250 e. The van der Waals surface area contributed by atoms with Crippen LogP contribution in [-0.2, 0) is 4.79 Å². The van der Waals surface area contributed by atoms with Crippen molar-refractivity contribution in [2.75, 3.05) is 6.54 Å². The molecule has 1 heterocycles.